The van der Waals surface area contributed by atoms with E-state index >= 15 is 0 Å². The van der Waals surface area contributed by atoms with E-state index in [-0.39, 0.29) is 5.54 Å². The van der Waals surface area contributed by atoms with Gasteiger partial charge in [0.25, 0.3) is 0 Å². The number of hydrogen-bond acceptors (Lipinski definition) is 2. The molecule has 1 fully saturated rings. The maximum Gasteiger partial charge on any atom is 0.241 e. The third-order valence-corrected chi connectivity index (χ3v) is 6.59. The van der Waals surface area contributed by atoms with Crippen molar-refractivity contribution in [3.05, 3.63) is 29.3 Å². The summed E-state index contributed by atoms with van der Waals surface area (Å²) in [5.41, 5.74) is 1.45. The standard InChI is InChI=1S/C14H20BrNO2S/c1-11-5-6-12(2)13(9-11)19(17,18)16-14(10-15)7-3-4-8-14/h5-6,9,16H,3-4,7-8,10H2,1-2H3. The Morgan fingerprint density at radius 2 is 1.89 bits per heavy atom. The average molecular weight is 346 g/mol. The topological polar surface area (TPSA) is 46.2 Å². The van der Waals surface area contributed by atoms with Crippen molar-refractivity contribution in [1.82, 2.24) is 4.72 Å². The van der Waals surface area contributed by atoms with E-state index in [1.54, 1.807) is 6.07 Å². The Kier molecular flexibility index (Phi) is 4.38. The molecule has 106 valence electrons. The number of aryl methyl sites for hydroxylation is 2. The number of sulfonamides is 1. The van der Waals surface area contributed by atoms with Crippen LogP contribution in [-0.4, -0.2) is 19.3 Å². The van der Waals surface area contributed by atoms with E-state index in [1.807, 2.05) is 26.0 Å². The molecule has 1 aromatic carbocycles. The molecule has 1 aliphatic carbocycles. The van der Waals surface area contributed by atoms with E-state index in [0.29, 0.717) is 10.2 Å². The molecule has 0 atom stereocenters. The zero-order valence-corrected chi connectivity index (χ0v) is 13.8. The summed E-state index contributed by atoms with van der Waals surface area (Å²) in [6.07, 6.45) is 3.98. The summed E-state index contributed by atoms with van der Waals surface area (Å²) in [5, 5.41) is 0.671. The van der Waals surface area contributed by atoms with Crippen LogP contribution in [0.4, 0.5) is 0 Å². The van der Waals surface area contributed by atoms with Gasteiger partial charge in [-0.05, 0) is 43.9 Å². The number of rotatable bonds is 4. The molecule has 0 amide bonds. The lowest BCUT2D eigenvalue weighted by Crippen LogP contribution is -2.47. The van der Waals surface area contributed by atoms with Crippen molar-refractivity contribution in [1.29, 1.82) is 0 Å². The van der Waals surface area contributed by atoms with Crippen LogP contribution in [0.2, 0.25) is 0 Å². The first-order valence-corrected chi connectivity index (χ1v) is 9.16. The Bertz CT molecular complexity index is 563. The van der Waals surface area contributed by atoms with Gasteiger partial charge in [0.1, 0.15) is 0 Å². The van der Waals surface area contributed by atoms with Crippen molar-refractivity contribution in [3.63, 3.8) is 0 Å². The van der Waals surface area contributed by atoms with Crippen LogP contribution in [0.25, 0.3) is 0 Å². The predicted molar refractivity (Wildman–Crippen MR) is 81.2 cm³/mol. The van der Waals surface area contributed by atoms with Gasteiger partial charge in [-0.2, -0.15) is 0 Å². The highest BCUT2D eigenvalue weighted by atomic mass is 79.9. The summed E-state index contributed by atoms with van der Waals surface area (Å²) in [6.45, 7) is 3.75. The fourth-order valence-corrected chi connectivity index (χ4v) is 5.33. The highest BCUT2D eigenvalue weighted by Gasteiger charge is 2.37. The van der Waals surface area contributed by atoms with Crippen molar-refractivity contribution < 1.29 is 8.42 Å². The van der Waals surface area contributed by atoms with E-state index in [0.717, 1.165) is 36.8 Å². The zero-order valence-electron chi connectivity index (χ0n) is 11.4. The van der Waals surface area contributed by atoms with Crippen molar-refractivity contribution in [2.45, 2.75) is 50.0 Å². The van der Waals surface area contributed by atoms with Crippen LogP contribution in [0, 0.1) is 13.8 Å². The van der Waals surface area contributed by atoms with Gasteiger partial charge in [-0.3, -0.25) is 0 Å². The molecule has 5 heteroatoms. The summed E-state index contributed by atoms with van der Waals surface area (Å²) >= 11 is 3.46. The Morgan fingerprint density at radius 3 is 2.47 bits per heavy atom. The van der Waals surface area contributed by atoms with Gasteiger partial charge >= 0.3 is 0 Å². The lowest BCUT2D eigenvalue weighted by Gasteiger charge is -2.28. The first-order valence-electron chi connectivity index (χ1n) is 6.56. The second-order valence-corrected chi connectivity index (χ2v) is 7.71. The summed E-state index contributed by atoms with van der Waals surface area (Å²) in [4.78, 5) is 0.403. The molecule has 2 rings (SSSR count). The number of halogens is 1. The van der Waals surface area contributed by atoms with Crippen LogP contribution >= 0.6 is 15.9 Å². The van der Waals surface area contributed by atoms with Crippen molar-refractivity contribution in [2.24, 2.45) is 0 Å². The Morgan fingerprint density at radius 1 is 1.26 bits per heavy atom. The molecule has 1 saturated carbocycles. The van der Waals surface area contributed by atoms with Gasteiger partial charge < -0.3 is 0 Å². The molecule has 0 aromatic heterocycles. The lowest BCUT2D eigenvalue weighted by atomic mass is 10.0. The molecule has 3 nitrogen and oxygen atoms in total. The molecule has 0 radical (unpaired) electrons. The maximum atomic E-state index is 12.6. The second kappa shape index (κ2) is 5.54. The van der Waals surface area contributed by atoms with E-state index in [2.05, 4.69) is 20.7 Å². The molecule has 0 heterocycles. The molecule has 0 unspecified atom stereocenters. The SMILES string of the molecule is Cc1ccc(C)c(S(=O)(=O)NC2(CBr)CCCC2)c1. The molecule has 1 aliphatic rings. The minimum absolute atomic E-state index is 0.310. The third-order valence-electron chi connectivity index (χ3n) is 3.80. The van der Waals surface area contributed by atoms with Gasteiger partial charge in [0.05, 0.1) is 4.90 Å². The van der Waals surface area contributed by atoms with Gasteiger partial charge in [0.15, 0.2) is 0 Å². The first kappa shape index (κ1) is 15.0. The normalized spacial score (nSPS) is 18.7. The van der Waals surface area contributed by atoms with E-state index in [4.69, 9.17) is 0 Å². The number of hydrogen-bond donors (Lipinski definition) is 1. The van der Waals surface area contributed by atoms with Gasteiger partial charge in [-0.15, -0.1) is 0 Å². The first-order chi connectivity index (χ1) is 8.88. The largest absolute Gasteiger partial charge is 0.241 e. The van der Waals surface area contributed by atoms with E-state index in [9.17, 15) is 8.42 Å². The van der Waals surface area contributed by atoms with Crippen LogP contribution in [0.5, 0.6) is 0 Å². The maximum absolute atomic E-state index is 12.6. The molecule has 0 aliphatic heterocycles. The van der Waals surface area contributed by atoms with Gasteiger partial charge in [0, 0.05) is 10.9 Å². The van der Waals surface area contributed by atoms with Gasteiger partial charge in [-0.1, -0.05) is 40.9 Å². The van der Waals surface area contributed by atoms with Crippen molar-refractivity contribution in [2.75, 3.05) is 5.33 Å². The van der Waals surface area contributed by atoms with Crippen LogP contribution < -0.4 is 4.72 Å². The highest BCUT2D eigenvalue weighted by Crippen LogP contribution is 2.33. The van der Waals surface area contributed by atoms with Crippen LogP contribution in [0.3, 0.4) is 0 Å². The lowest BCUT2D eigenvalue weighted by molar-refractivity contribution is 0.437. The summed E-state index contributed by atoms with van der Waals surface area (Å²) < 4.78 is 28.1. The van der Waals surface area contributed by atoms with Gasteiger partial charge in [-0.25, -0.2) is 13.1 Å². The quantitative estimate of drug-likeness (QED) is 0.851. The molecular formula is C14H20BrNO2S. The van der Waals surface area contributed by atoms with Gasteiger partial charge in [0.2, 0.25) is 10.0 Å². The summed E-state index contributed by atoms with van der Waals surface area (Å²) in [6, 6.07) is 5.54. The minimum atomic E-state index is -3.45. The Labute approximate surface area is 124 Å². The van der Waals surface area contributed by atoms with Crippen LogP contribution in [0.1, 0.15) is 36.8 Å². The summed E-state index contributed by atoms with van der Waals surface area (Å²) in [5.74, 6) is 0. The zero-order chi connectivity index (χ0) is 14.1. The molecule has 0 saturated heterocycles. The molecule has 1 N–H and O–H groups in total. The predicted octanol–water partition coefficient (Wildman–Crippen LogP) is 3.29. The second-order valence-electron chi connectivity index (χ2n) is 5.50. The Hall–Kier alpha value is -0.390. The minimum Gasteiger partial charge on any atom is -0.207 e. The molecule has 0 spiro atoms. The molecule has 0 bridgehead atoms. The van der Waals surface area contributed by atoms with Crippen molar-refractivity contribution in [3.8, 4) is 0 Å². The van der Waals surface area contributed by atoms with E-state index in [1.165, 1.54) is 0 Å². The Balaban J connectivity index is 2.34. The molecular weight excluding hydrogens is 326 g/mol. The fraction of sp³-hybridized carbons (Fsp3) is 0.571. The highest BCUT2D eigenvalue weighted by molar-refractivity contribution is 9.09. The van der Waals surface area contributed by atoms with Crippen molar-refractivity contribution >= 4 is 26.0 Å². The smallest absolute Gasteiger partial charge is 0.207 e. The average Bonchev–Trinajstić information content (AvgIpc) is 2.80. The van der Waals surface area contributed by atoms with Crippen LogP contribution in [-0.2, 0) is 10.0 Å². The molecule has 19 heavy (non-hydrogen) atoms. The van der Waals surface area contributed by atoms with Crippen LogP contribution in [0.15, 0.2) is 23.1 Å². The molecule has 1 aromatic rings. The monoisotopic (exact) mass is 345 g/mol. The number of benzene rings is 1. The van der Waals surface area contributed by atoms with E-state index < -0.39 is 10.0 Å². The fourth-order valence-electron chi connectivity index (χ4n) is 2.65. The summed E-state index contributed by atoms with van der Waals surface area (Å²) in [7, 11) is -3.45. The number of alkyl halides is 1. The number of nitrogens with one attached hydrogen (secondary N) is 1. The third kappa shape index (κ3) is 3.20.